The minimum Gasteiger partial charge on any atom is -0.476 e. The van der Waals surface area contributed by atoms with Gasteiger partial charge in [-0.25, -0.2) is 9.78 Å². The van der Waals surface area contributed by atoms with Gasteiger partial charge in [0.25, 0.3) is 0 Å². The van der Waals surface area contributed by atoms with E-state index < -0.39 is 18.1 Å². The summed E-state index contributed by atoms with van der Waals surface area (Å²) in [6, 6.07) is 4.54. The minimum atomic E-state index is -4.77. The van der Waals surface area contributed by atoms with E-state index in [1.807, 2.05) is 0 Å². The fraction of sp³-hybridized carbons (Fsp3) is 0.0833. The summed E-state index contributed by atoms with van der Waals surface area (Å²) >= 11 is 0. The van der Waals surface area contributed by atoms with Gasteiger partial charge in [-0.2, -0.15) is 0 Å². The number of hydrogen-bond acceptors (Lipinski definition) is 5. The quantitative estimate of drug-likeness (QED) is 0.935. The molecule has 0 aliphatic carbocycles. The molecule has 9 heteroatoms. The van der Waals surface area contributed by atoms with Gasteiger partial charge in [0.05, 0.1) is 12.4 Å². The molecule has 0 unspecified atom stereocenters. The Hall–Kier alpha value is -2.84. The Bertz CT molecular complexity index is 644. The van der Waals surface area contributed by atoms with E-state index in [1.165, 1.54) is 18.3 Å². The predicted molar refractivity (Wildman–Crippen MR) is 62.2 cm³/mol. The largest absolute Gasteiger partial charge is 0.573 e. The number of aromatic nitrogens is 2. The van der Waals surface area contributed by atoms with Crippen LogP contribution in [0.1, 0.15) is 10.5 Å². The molecular formula is C12H7F3N2O4. The highest BCUT2D eigenvalue weighted by atomic mass is 19.4. The number of benzene rings is 1. The molecule has 2 rings (SSSR count). The minimum absolute atomic E-state index is 0.0978. The highest BCUT2D eigenvalue weighted by Crippen LogP contribution is 2.26. The molecule has 0 spiro atoms. The van der Waals surface area contributed by atoms with Crippen LogP contribution in [0, 0.1) is 0 Å². The molecule has 0 fully saturated rings. The molecule has 1 aromatic heterocycles. The lowest BCUT2D eigenvalue weighted by atomic mass is 10.3. The molecule has 21 heavy (non-hydrogen) atoms. The number of nitrogens with zero attached hydrogens (tertiary/aromatic N) is 2. The molecule has 0 aliphatic rings. The van der Waals surface area contributed by atoms with E-state index in [0.29, 0.717) is 0 Å². The normalized spacial score (nSPS) is 11.0. The second-order valence-corrected chi connectivity index (χ2v) is 3.67. The maximum absolute atomic E-state index is 12.0. The SMILES string of the molecule is O=C(O)c1cncc(Oc2ccc(OC(F)(F)F)cc2)n1. The van der Waals surface area contributed by atoms with E-state index in [4.69, 9.17) is 9.84 Å². The molecule has 0 amide bonds. The van der Waals surface area contributed by atoms with Gasteiger partial charge in [-0.15, -0.1) is 13.2 Å². The van der Waals surface area contributed by atoms with Crippen molar-refractivity contribution in [2.45, 2.75) is 6.36 Å². The first-order chi connectivity index (χ1) is 9.83. The van der Waals surface area contributed by atoms with Crippen LogP contribution in [0.15, 0.2) is 36.7 Å². The molecule has 1 N–H and O–H groups in total. The summed E-state index contributed by atoms with van der Waals surface area (Å²) in [7, 11) is 0. The molecule has 1 heterocycles. The third kappa shape index (κ3) is 4.34. The van der Waals surface area contributed by atoms with E-state index in [-0.39, 0.29) is 17.3 Å². The summed E-state index contributed by atoms with van der Waals surface area (Å²) in [5, 5.41) is 8.74. The average molecular weight is 300 g/mol. The van der Waals surface area contributed by atoms with E-state index in [0.717, 1.165) is 18.3 Å². The fourth-order valence-corrected chi connectivity index (χ4v) is 1.33. The second kappa shape index (κ2) is 5.65. The lowest BCUT2D eigenvalue weighted by Gasteiger charge is -2.09. The molecule has 6 nitrogen and oxygen atoms in total. The molecule has 0 aliphatic heterocycles. The first-order valence-electron chi connectivity index (χ1n) is 5.42. The lowest BCUT2D eigenvalue weighted by Crippen LogP contribution is -2.16. The topological polar surface area (TPSA) is 81.5 Å². The zero-order valence-electron chi connectivity index (χ0n) is 10.2. The van der Waals surface area contributed by atoms with Crippen molar-refractivity contribution in [2.24, 2.45) is 0 Å². The van der Waals surface area contributed by atoms with Gasteiger partial charge < -0.3 is 14.6 Å². The van der Waals surface area contributed by atoms with Crippen LogP contribution in [0.4, 0.5) is 13.2 Å². The number of ether oxygens (including phenoxy) is 2. The van der Waals surface area contributed by atoms with Crippen LogP contribution in [0.25, 0.3) is 0 Å². The number of alkyl halides is 3. The number of carboxylic acid groups (broad SMARTS) is 1. The zero-order chi connectivity index (χ0) is 15.5. The monoisotopic (exact) mass is 300 g/mol. The average Bonchev–Trinajstić information content (AvgIpc) is 2.40. The molecule has 0 atom stereocenters. The first-order valence-corrected chi connectivity index (χ1v) is 5.42. The van der Waals surface area contributed by atoms with Gasteiger partial charge in [-0.3, -0.25) is 4.98 Å². The van der Waals surface area contributed by atoms with Crippen LogP contribution < -0.4 is 9.47 Å². The maximum atomic E-state index is 12.0. The van der Waals surface area contributed by atoms with Gasteiger partial charge in [0, 0.05) is 0 Å². The Labute approximate surface area is 115 Å². The lowest BCUT2D eigenvalue weighted by molar-refractivity contribution is -0.274. The fourth-order valence-electron chi connectivity index (χ4n) is 1.33. The van der Waals surface area contributed by atoms with Crippen LogP contribution in [0.5, 0.6) is 17.4 Å². The van der Waals surface area contributed by atoms with Gasteiger partial charge >= 0.3 is 12.3 Å². The van der Waals surface area contributed by atoms with Gasteiger partial charge in [0.2, 0.25) is 5.88 Å². The van der Waals surface area contributed by atoms with Crippen molar-refractivity contribution < 1.29 is 32.5 Å². The third-order valence-electron chi connectivity index (χ3n) is 2.11. The maximum Gasteiger partial charge on any atom is 0.573 e. The predicted octanol–water partition coefficient (Wildman–Crippen LogP) is 2.87. The molecule has 2 aromatic rings. The summed E-state index contributed by atoms with van der Waals surface area (Å²) in [6.07, 6.45) is -2.56. The Morgan fingerprint density at radius 2 is 1.71 bits per heavy atom. The van der Waals surface area contributed by atoms with E-state index in [9.17, 15) is 18.0 Å². The van der Waals surface area contributed by atoms with Crippen LogP contribution in [0.2, 0.25) is 0 Å². The summed E-state index contributed by atoms with van der Waals surface area (Å²) in [5.74, 6) is -1.62. The highest BCUT2D eigenvalue weighted by molar-refractivity contribution is 5.84. The van der Waals surface area contributed by atoms with Crippen molar-refractivity contribution in [2.75, 3.05) is 0 Å². The molecule has 110 valence electrons. The molecule has 1 aromatic carbocycles. The van der Waals surface area contributed by atoms with E-state index in [1.54, 1.807) is 0 Å². The Balaban J connectivity index is 2.10. The molecule has 0 saturated heterocycles. The zero-order valence-corrected chi connectivity index (χ0v) is 10.2. The van der Waals surface area contributed by atoms with Crippen LogP contribution in [-0.4, -0.2) is 27.4 Å². The van der Waals surface area contributed by atoms with E-state index in [2.05, 4.69) is 14.7 Å². The van der Waals surface area contributed by atoms with Crippen LogP contribution >= 0.6 is 0 Å². The summed E-state index contributed by atoms with van der Waals surface area (Å²) in [5.41, 5.74) is -0.315. The Kier molecular flexibility index (Phi) is 3.92. The Morgan fingerprint density at radius 3 is 2.29 bits per heavy atom. The Morgan fingerprint density at radius 1 is 1.10 bits per heavy atom. The van der Waals surface area contributed by atoms with Gasteiger partial charge in [0.15, 0.2) is 5.69 Å². The van der Waals surface area contributed by atoms with Crippen molar-refractivity contribution in [3.8, 4) is 17.4 Å². The van der Waals surface area contributed by atoms with Crippen molar-refractivity contribution in [1.29, 1.82) is 0 Å². The molecular weight excluding hydrogens is 293 g/mol. The number of carboxylic acids is 1. The number of aromatic carboxylic acids is 1. The summed E-state index contributed by atoms with van der Waals surface area (Å²) in [4.78, 5) is 18.0. The van der Waals surface area contributed by atoms with Crippen molar-refractivity contribution in [3.05, 3.63) is 42.4 Å². The summed E-state index contributed by atoms with van der Waals surface area (Å²) < 4.78 is 44.8. The summed E-state index contributed by atoms with van der Waals surface area (Å²) in [6.45, 7) is 0. The standard InChI is InChI=1S/C12H7F3N2O4/c13-12(14,15)21-8-3-1-7(2-4-8)20-10-6-16-5-9(17-10)11(18)19/h1-6H,(H,18,19). The van der Waals surface area contributed by atoms with Gasteiger partial charge in [-0.1, -0.05) is 0 Å². The number of rotatable bonds is 4. The van der Waals surface area contributed by atoms with E-state index >= 15 is 0 Å². The number of halogens is 3. The smallest absolute Gasteiger partial charge is 0.476 e. The van der Waals surface area contributed by atoms with Gasteiger partial charge in [0.1, 0.15) is 11.5 Å². The highest BCUT2D eigenvalue weighted by Gasteiger charge is 2.30. The van der Waals surface area contributed by atoms with Crippen molar-refractivity contribution in [3.63, 3.8) is 0 Å². The third-order valence-corrected chi connectivity index (χ3v) is 2.11. The van der Waals surface area contributed by atoms with Crippen molar-refractivity contribution >= 4 is 5.97 Å². The number of carbonyl (C=O) groups is 1. The molecule has 0 saturated carbocycles. The van der Waals surface area contributed by atoms with Gasteiger partial charge in [-0.05, 0) is 24.3 Å². The van der Waals surface area contributed by atoms with Crippen molar-refractivity contribution in [1.82, 2.24) is 9.97 Å². The first kappa shape index (κ1) is 14.6. The number of hydrogen-bond donors (Lipinski definition) is 1. The second-order valence-electron chi connectivity index (χ2n) is 3.67. The van der Waals surface area contributed by atoms with Crippen LogP contribution in [0.3, 0.4) is 0 Å². The van der Waals surface area contributed by atoms with Crippen LogP contribution in [-0.2, 0) is 0 Å². The molecule has 0 bridgehead atoms. The molecule has 0 radical (unpaired) electrons.